The Bertz CT molecular complexity index is 155. The quantitative estimate of drug-likeness (QED) is 0.629. The van der Waals surface area contributed by atoms with Crippen LogP contribution in [0.15, 0.2) is 0 Å². The lowest BCUT2D eigenvalue weighted by Gasteiger charge is -2.26. The predicted octanol–water partition coefficient (Wildman–Crippen LogP) is 1.23. The highest BCUT2D eigenvalue weighted by molar-refractivity contribution is 6.20. The van der Waals surface area contributed by atoms with Crippen LogP contribution in [0.2, 0.25) is 0 Å². The second-order valence-electron chi connectivity index (χ2n) is 3.09. The Hall–Kier alpha value is -0.150. The number of ketones is 1. The molecule has 0 aliphatic carbocycles. The smallest absolute Gasteiger partial charge is 0.135 e. The van der Waals surface area contributed by atoms with Crippen LogP contribution in [-0.2, 0) is 4.79 Å². The van der Waals surface area contributed by atoms with Crippen molar-refractivity contribution in [2.75, 3.05) is 26.3 Å². The predicted molar refractivity (Wildman–Crippen MR) is 46.3 cm³/mol. The monoisotopic (exact) mass is 193 g/mol. The minimum Gasteiger partial charge on any atom is -0.301 e. The molecule has 1 saturated heterocycles. The van der Waals surface area contributed by atoms with Gasteiger partial charge in [0.15, 0.2) is 0 Å². The highest BCUT2D eigenvalue weighted by Crippen LogP contribution is 2.08. The Labute approximate surface area is 76.7 Å². The van der Waals surface area contributed by atoms with Gasteiger partial charge in [0.1, 0.15) is 12.5 Å². The van der Waals surface area contributed by atoms with Crippen molar-refractivity contribution < 1.29 is 9.18 Å². The van der Waals surface area contributed by atoms with Gasteiger partial charge in [-0.3, -0.25) is 4.79 Å². The second kappa shape index (κ2) is 4.77. The number of hydrogen-bond acceptors (Lipinski definition) is 2. The molecule has 0 aromatic carbocycles. The van der Waals surface area contributed by atoms with Crippen molar-refractivity contribution >= 4 is 17.4 Å². The Kier molecular flexibility index (Phi) is 3.95. The van der Waals surface area contributed by atoms with E-state index in [1.54, 1.807) is 0 Å². The molecule has 0 bridgehead atoms. The van der Waals surface area contributed by atoms with Gasteiger partial charge < -0.3 is 4.90 Å². The van der Waals surface area contributed by atoms with Gasteiger partial charge in [0, 0.05) is 32.5 Å². The molecule has 0 N–H and O–H groups in total. The highest BCUT2D eigenvalue weighted by Gasteiger charge is 2.18. The van der Waals surface area contributed by atoms with E-state index in [1.807, 2.05) is 4.90 Å². The van der Waals surface area contributed by atoms with Gasteiger partial charge >= 0.3 is 0 Å². The first-order valence-electron chi connectivity index (χ1n) is 4.16. The van der Waals surface area contributed by atoms with Crippen LogP contribution in [0.4, 0.5) is 4.39 Å². The summed E-state index contributed by atoms with van der Waals surface area (Å²) in [6.07, 6.45) is 1.19. The van der Waals surface area contributed by atoms with Gasteiger partial charge in [0.05, 0.1) is 5.38 Å². The Balaban J connectivity index is 2.21. The largest absolute Gasteiger partial charge is 0.301 e. The third-order valence-corrected chi connectivity index (χ3v) is 2.29. The first-order chi connectivity index (χ1) is 5.72. The molecular formula is C8H13ClFNO. The number of halogens is 2. The maximum absolute atomic E-state index is 12.0. The molecule has 1 aliphatic heterocycles. The zero-order valence-electron chi connectivity index (χ0n) is 6.93. The Morgan fingerprint density at radius 2 is 2.08 bits per heavy atom. The number of rotatable bonds is 3. The van der Waals surface area contributed by atoms with E-state index in [0.717, 1.165) is 13.1 Å². The third kappa shape index (κ3) is 3.07. The molecule has 1 rings (SSSR count). The third-order valence-electron chi connectivity index (χ3n) is 2.04. The lowest BCUT2D eigenvalue weighted by Crippen LogP contribution is -2.38. The van der Waals surface area contributed by atoms with Crippen LogP contribution in [-0.4, -0.2) is 42.4 Å². The van der Waals surface area contributed by atoms with E-state index in [9.17, 15) is 9.18 Å². The molecule has 0 amide bonds. The number of likely N-dealkylation sites (tertiary alicyclic amines) is 1. The van der Waals surface area contributed by atoms with E-state index < -0.39 is 12.1 Å². The molecule has 2 nitrogen and oxygen atoms in total. The van der Waals surface area contributed by atoms with E-state index in [1.165, 1.54) is 0 Å². The number of piperidine rings is 1. The fourth-order valence-corrected chi connectivity index (χ4v) is 1.51. The molecule has 0 saturated carbocycles. The van der Waals surface area contributed by atoms with Crippen molar-refractivity contribution in [2.24, 2.45) is 0 Å². The number of Topliss-reactive ketones (excluding diaryl/α,β-unsaturated/α-hetero) is 1. The van der Waals surface area contributed by atoms with Gasteiger partial charge in [0.25, 0.3) is 0 Å². The zero-order chi connectivity index (χ0) is 8.97. The highest BCUT2D eigenvalue weighted by atomic mass is 35.5. The van der Waals surface area contributed by atoms with Crippen LogP contribution in [0.5, 0.6) is 0 Å². The summed E-state index contributed by atoms with van der Waals surface area (Å²) in [6.45, 7) is 1.54. The molecular weight excluding hydrogens is 181 g/mol. The molecule has 1 atom stereocenters. The molecule has 1 heterocycles. The van der Waals surface area contributed by atoms with Crippen molar-refractivity contribution in [2.45, 2.75) is 18.2 Å². The SMILES string of the molecule is O=C1CCN(CC(Cl)CF)CC1. The number of nitrogens with zero attached hydrogens (tertiary/aromatic N) is 1. The topological polar surface area (TPSA) is 20.3 Å². The van der Waals surface area contributed by atoms with Gasteiger partial charge in [-0.2, -0.15) is 0 Å². The van der Waals surface area contributed by atoms with Crippen LogP contribution < -0.4 is 0 Å². The molecule has 12 heavy (non-hydrogen) atoms. The number of carbonyl (C=O) groups excluding carboxylic acids is 1. The summed E-state index contributed by atoms with van der Waals surface area (Å²) in [6, 6.07) is 0. The minimum atomic E-state index is -0.494. The van der Waals surface area contributed by atoms with Crippen LogP contribution in [0.1, 0.15) is 12.8 Å². The summed E-state index contributed by atoms with van der Waals surface area (Å²) in [5.74, 6) is 0.303. The summed E-state index contributed by atoms with van der Waals surface area (Å²) in [4.78, 5) is 12.9. The molecule has 0 spiro atoms. The minimum absolute atomic E-state index is 0.303. The second-order valence-corrected chi connectivity index (χ2v) is 3.71. The van der Waals surface area contributed by atoms with Gasteiger partial charge in [-0.15, -0.1) is 11.6 Å². The van der Waals surface area contributed by atoms with Crippen LogP contribution >= 0.6 is 11.6 Å². The van der Waals surface area contributed by atoms with Crippen molar-refractivity contribution in [3.63, 3.8) is 0 Å². The summed E-state index contributed by atoms with van der Waals surface area (Å²) in [7, 11) is 0. The lowest BCUT2D eigenvalue weighted by atomic mass is 10.1. The first-order valence-corrected chi connectivity index (χ1v) is 4.60. The van der Waals surface area contributed by atoms with E-state index in [2.05, 4.69) is 0 Å². The van der Waals surface area contributed by atoms with E-state index in [0.29, 0.717) is 25.2 Å². The summed E-state index contributed by atoms with van der Waals surface area (Å²) in [5, 5.41) is -0.418. The average molecular weight is 194 g/mol. The summed E-state index contributed by atoms with van der Waals surface area (Å²) < 4.78 is 12.0. The van der Waals surface area contributed by atoms with Crippen molar-refractivity contribution in [3.8, 4) is 0 Å². The van der Waals surface area contributed by atoms with E-state index >= 15 is 0 Å². The number of alkyl halides is 2. The van der Waals surface area contributed by atoms with Gasteiger partial charge in [-0.1, -0.05) is 0 Å². The lowest BCUT2D eigenvalue weighted by molar-refractivity contribution is -0.121. The molecule has 1 unspecified atom stereocenters. The van der Waals surface area contributed by atoms with Crippen molar-refractivity contribution in [1.82, 2.24) is 4.90 Å². The molecule has 0 aromatic rings. The molecule has 0 radical (unpaired) electrons. The molecule has 1 aliphatic rings. The first kappa shape index (κ1) is 9.93. The van der Waals surface area contributed by atoms with Crippen LogP contribution in [0, 0.1) is 0 Å². The fourth-order valence-electron chi connectivity index (χ4n) is 1.31. The van der Waals surface area contributed by atoms with Crippen molar-refractivity contribution in [3.05, 3.63) is 0 Å². The van der Waals surface area contributed by atoms with Gasteiger partial charge in [-0.25, -0.2) is 4.39 Å². The molecule has 1 fully saturated rings. The summed E-state index contributed by atoms with van der Waals surface area (Å²) in [5.41, 5.74) is 0. The van der Waals surface area contributed by atoms with Crippen molar-refractivity contribution in [1.29, 1.82) is 0 Å². The molecule has 4 heteroatoms. The Morgan fingerprint density at radius 3 is 2.58 bits per heavy atom. The number of carbonyl (C=O) groups is 1. The van der Waals surface area contributed by atoms with Crippen LogP contribution in [0.3, 0.4) is 0 Å². The Morgan fingerprint density at radius 1 is 1.50 bits per heavy atom. The van der Waals surface area contributed by atoms with Gasteiger partial charge in [0.2, 0.25) is 0 Å². The maximum atomic E-state index is 12.0. The molecule has 0 aromatic heterocycles. The van der Waals surface area contributed by atoms with E-state index in [4.69, 9.17) is 11.6 Å². The van der Waals surface area contributed by atoms with Crippen LogP contribution in [0.25, 0.3) is 0 Å². The normalized spacial score (nSPS) is 22.7. The fraction of sp³-hybridized carbons (Fsp3) is 0.875. The average Bonchev–Trinajstić information content (AvgIpc) is 2.09. The number of hydrogen-bond donors (Lipinski definition) is 0. The summed E-state index contributed by atoms with van der Waals surface area (Å²) >= 11 is 5.63. The van der Waals surface area contributed by atoms with E-state index in [-0.39, 0.29) is 0 Å². The molecule has 70 valence electrons. The maximum Gasteiger partial charge on any atom is 0.135 e. The standard InChI is InChI=1S/C8H13ClFNO/c9-7(5-10)6-11-3-1-8(12)2-4-11/h7H,1-6H2. The zero-order valence-corrected chi connectivity index (χ0v) is 7.69. The van der Waals surface area contributed by atoms with Gasteiger partial charge in [-0.05, 0) is 0 Å².